The van der Waals surface area contributed by atoms with Gasteiger partial charge in [-0.2, -0.15) is 0 Å². The van der Waals surface area contributed by atoms with Crippen molar-refractivity contribution in [2.45, 2.75) is 71.7 Å². The van der Waals surface area contributed by atoms with E-state index in [2.05, 4.69) is 22.6 Å². The molecule has 1 heterocycles. The first-order chi connectivity index (χ1) is 15.1. The van der Waals surface area contributed by atoms with Crippen LogP contribution in [0.1, 0.15) is 57.5 Å². The van der Waals surface area contributed by atoms with Gasteiger partial charge in [0, 0.05) is 18.7 Å². The minimum Gasteiger partial charge on any atom is -0.490 e. The molecule has 0 spiro atoms. The summed E-state index contributed by atoms with van der Waals surface area (Å²) in [6.07, 6.45) is -1.47. The van der Waals surface area contributed by atoms with E-state index in [1.807, 2.05) is 71.9 Å². The number of carbonyl (C=O) groups excluding carboxylic acids is 1. The normalized spacial score (nSPS) is 20.5. The van der Waals surface area contributed by atoms with Crippen molar-refractivity contribution in [2.75, 3.05) is 7.11 Å². The lowest BCUT2D eigenvalue weighted by molar-refractivity contribution is -0.242. The molecule has 0 fully saturated rings. The number of rotatable bonds is 8. The van der Waals surface area contributed by atoms with Gasteiger partial charge in [-0.25, -0.2) is 0 Å². The monoisotopic (exact) mass is 554 g/mol. The van der Waals surface area contributed by atoms with E-state index in [9.17, 15) is 4.79 Å². The SMILES string of the molecule is COC1(c2ccccc2)Oc2c(I)c(OC(C)C)cc(OC(C)C)c2C(=O)C1OC(C)C. The fourth-order valence-electron chi connectivity index (χ4n) is 3.68. The first kappa shape index (κ1) is 24.8. The number of Topliss-reactive ketones (excluding diaryl/α,β-unsaturated/α-hetero) is 1. The summed E-state index contributed by atoms with van der Waals surface area (Å²) in [6.45, 7) is 11.5. The Morgan fingerprint density at radius 3 is 2.06 bits per heavy atom. The van der Waals surface area contributed by atoms with Gasteiger partial charge in [-0.15, -0.1) is 0 Å². The molecule has 0 amide bonds. The van der Waals surface area contributed by atoms with Crippen LogP contribution in [0.4, 0.5) is 0 Å². The van der Waals surface area contributed by atoms with Crippen molar-refractivity contribution < 1.29 is 28.5 Å². The summed E-state index contributed by atoms with van der Waals surface area (Å²) in [5.74, 6) is -0.342. The van der Waals surface area contributed by atoms with Gasteiger partial charge in [-0.1, -0.05) is 30.3 Å². The van der Waals surface area contributed by atoms with Crippen LogP contribution in [0.2, 0.25) is 0 Å². The predicted molar refractivity (Wildman–Crippen MR) is 131 cm³/mol. The highest BCUT2D eigenvalue weighted by Gasteiger charge is 2.55. The molecule has 0 saturated carbocycles. The molecule has 1 aliphatic rings. The fourth-order valence-corrected chi connectivity index (χ4v) is 4.35. The van der Waals surface area contributed by atoms with Gasteiger partial charge in [0.1, 0.15) is 17.1 Å². The Labute approximate surface area is 203 Å². The van der Waals surface area contributed by atoms with E-state index in [0.29, 0.717) is 31.9 Å². The van der Waals surface area contributed by atoms with E-state index in [4.69, 9.17) is 23.7 Å². The van der Waals surface area contributed by atoms with Crippen LogP contribution >= 0.6 is 22.6 Å². The van der Waals surface area contributed by atoms with Gasteiger partial charge in [0.2, 0.25) is 5.78 Å². The zero-order valence-electron chi connectivity index (χ0n) is 19.6. The van der Waals surface area contributed by atoms with Crippen molar-refractivity contribution in [3.8, 4) is 17.2 Å². The van der Waals surface area contributed by atoms with Crippen LogP contribution in [0.3, 0.4) is 0 Å². The van der Waals surface area contributed by atoms with Crippen LogP contribution in [0.5, 0.6) is 17.2 Å². The smallest absolute Gasteiger partial charge is 0.271 e. The van der Waals surface area contributed by atoms with Gasteiger partial charge in [-0.3, -0.25) is 4.79 Å². The van der Waals surface area contributed by atoms with Crippen molar-refractivity contribution in [1.82, 2.24) is 0 Å². The molecule has 6 nitrogen and oxygen atoms in total. The average molecular weight is 554 g/mol. The van der Waals surface area contributed by atoms with Crippen molar-refractivity contribution >= 4 is 28.4 Å². The predicted octanol–water partition coefficient (Wildman–Crippen LogP) is 5.73. The third-order valence-corrected chi connectivity index (χ3v) is 5.87. The summed E-state index contributed by atoms with van der Waals surface area (Å²) in [4.78, 5) is 14.0. The summed E-state index contributed by atoms with van der Waals surface area (Å²) < 4.78 is 31.4. The minimum atomic E-state index is -1.46. The molecule has 1 aliphatic heterocycles. The van der Waals surface area contributed by atoms with Crippen molar-refractivity contribution in [3.05, 3.63) is 51.1 Å². The van der Waals surface area contributed by atoms with Crippen molar-refractivity contribution in [1.29, 1.82) is 0 Å². The molecule has 174 valence electrons. The number of methoxy groups -OCH3 is 1. The van der Waals surface area contributed by atoms with Gasteiger partial charge >= 0.3 is 0 Å². The number of halogens is 1. The molecule has 0 N–H and O–H groups in total. The van der Waals surface area contributed by atoms with Crippen LogP contribution in [0, 0.1) is 3.57 Å². The largest absolute Gasteiger partial charge is 0.490 e. The maximum atomic E-state index is 14.0. The molecular weight excluding hydrogens is 523 g/mol. The van der Waals surface area contributed by atoms with E-state index < -0.39 is 11.9 Å². The number of ketones is 1. The molecule has 0 aromatic heterocycles. The number of hydrogen-bond donors (Lipinski definition) is 0. The third kappa shape index (κ3) is 4.75. The van der Waals surface area contributed by atoms with E-state index in [0.717, 1.165) is 0 Å². The maximum Gasteiger partial charge on any atom is 0.271 e. The first-order valence-corrected chi connectivity index (χ1v) is 11.9. The highest BCUT2D eigenvalue weighted by molar-refractivity contribution is 14.1. The van der Waals surface area contributed by atoms with Crippen LogP contribution in [-0.4, -0.2) is 37.3 Å². The third-order valence-electron chi connectivity index (χ3n) is 4.85. The Bertz CT molecular complexity index is 957. The second-order valence-electron chi connectivity index (χ2n) is 8.49. The van der Waals surface area contributed by atoms with E-state index in [1.54, 1.807) is 6.07 Å². The van der Waals surface area contributed by atoms with Crippen LogP contribution < -0.4 is 14.2 Å². The Kier molecular flexibility index (Phi) is 7.73. The van der Waals surface area contributed by atoms with E-state index in [1.165, 1.54) is 7.11 Å². The molecule has 2 aromatic carbocycles. The molecule has 2 aromatic rings. The molecule has 7 heteroatoms. The minimum absolute atomic E-state index is 0.0638. The zero-order chi connectivity index (χ0) is 23.6. The lowest BCUT2D eigenvalue weighted by atomic mass is 9.89. The lowest BCUT2D eigenvalue weighted by Gasteiger charge is -2.43. The van der Waals surface area contributed by atoms with Crippen molar-refractivity contribution in [2.24, 2.45) is 0 Å². The number of carbonyl (C=O) groups is 1. The molecule has 3 rings (SSSR count). The summed E-state index contributed by atoms with van der Waals surface area (Å²) in [7, 11) is 1.52. The van der Waals surface area contributed by atoms with Gasteiger partial charge in [0.25, 0.3) is 5.79 Å². The molecule has 0 radical (unpaired) electrons. The second-order valence-corrected chi connectivity index (χ2v) is 9.57. The van der Waals surface area contributed by atoms with Crippen LogP contribution in [0.25, 0.3) is 0 Å². The lowest BCUT2D eigenvalue weighted by Crippen LogP contribution is -2.55. The Hall–Kier alpha value is -1.84. The molecule has 32 heavy (non-hydrogen) atoms. The van der Waals surface area contributed by atoms with Gasteiger partial charge < -0.3 is 23.7 Å². The van der Waals surface area contributed by atoms with Crippen LogP contribution in [-0.2, 0) is 15.3 Å². The average Bonchev–Trinajstić information content (AvgIpc) is 2.72. The highest BCUT2D eigenvalue weighted by atomic mass is 127. The molecule has 2 unspecified atom stereocenters. The summed E-state index contributed by atoms with van der Waals surface area (Å²) >= 11 is 2.15. The molecule has 0 saturated heterocycles. The summed E-state index contributed by atoms with van der Waals surface area (Å²) in [6, 6.07) is 11.1. The van der Waals surface area contributed by atoms with Crippen molar-refractivity contribution in [3.63, 3.8) is 0 Å². The van der Waals surface area contributed by atoms with Crippen LogP contribution in [0.15, 0.2) is 36.4 Å². The standard InChI is InChI=1S/C25H31IO6/c1-14(2)29-18-13-19(30-15(3)4)21(26)23-20(18)22(27)24(31-16(5)6)25(28-7,32-23)17-11-9-8-10-12-17/h8-16,24H,1-7H3. The maximum absolute atomic E-state index is 14.0. The summed E-state index contributed by atoms with van der Waals surface area (Å²) in [5.41, 5.74) is 1.03. The number of hydrogen-bond acceptors (Lipinski definition) is 6. The fraction of sp³-hybridized carbons (Fsp3) is 0.480. The molecular formula is C25H31IO6. The molecule has 2 atom stereocenters. The number of benzene rings is 2. The molecule has 0 bridgehead atoms. The Balaban J connectivity index is 2.30. The zero-order valence-corrected chi connectivity index (χ0v) is 21.8. The van der Waals surface area contributed by atoms with Gasteiger partial charge in [-0.05, 0) is 64.1 Å². The Morgan fingerprint density at radius 2 is 1.53 bits per heavy atom. The number of ether oxygens (including phenoxy) is 5. The summed E-state index contributed by atoms with van der Waals surface area (Å²) in [5, 5.41) is 0. The van der Waals surface area contributed by atoms with E-state index >= 15 is 0 Å². The molecule has 0 aliphatic carbocycles. The second kappa shape index (κ2) is 9.97. The quantitative estimate of drug-likeness (QED) is 0.389. The first-order valence-electron chi connectivity index (χ1n) is 10.8. The number of fused-ring (bicyclic) bond motifs is 1. The Morgan fingerprint density at radius 1 is 0.938 bits per heavy atom. The highest BCUT2D eigenvalue weighted by Crippen LogP contribution is 2.50. The van der Waals surface area contributed by atoms with Gasteiger partial charge in [0.05, 0.1) is 21.9 Å². The van der Waals surface area contributed by atoms with Gasteiger partial charge in [0.15, 0.2) is 11.9 Å². The van der Waals surface area contributed by atoms with E-state index in [-0.39, 0.29) is 24.1 Å². The topological polar surface area (TPSA) is 63.2 Å².